The second-order valence-electron chi connectivity index (χ2n) is 5.81. The summed E-state index contributed by atoms with van der Waals surface area (Å²) in [5.74, 6) is 0.204. The van der Waals surface area contributed by atoms with Gasteiger partial charge in [0.1, 0.15) is 0 Å². The molecule has 0 bridgehead atoms. The van der Waals surface area contributed by atoms with Crippen molar-refractivity contribution in [3.8, 4) is 0 Å². The third-order valence-corrected chi connectivity index (χ3v) is 4.12. The first-order chi connectivity index (χ1) is 8.99. The second kappa shape index (κ2) is 5.64. The van der Waals surface area contributed by atoms with E-state index >= 15 is 0 Å². The molecule has 2 atom stereocenters. The summed E-state index contributed by atoms with van der Waals surface area (Å²) in [6.07, 6.45) is 3.86. The van der Waals surface area contributed by atoms with E-state index < -0.39 is 0 Å². The summed E-state index contributed by atoms with van der Waals surface area (Å²) in [6, 6.07) is 6.63. The van der Waals surface area contributed by atoms with Crippen LogP contribution in [0.4, 0.5) is 5.69 Å². The lowest BCUT2D eigenvalue weighted by Gasteiger charge is -2.39. The molecule has 3 nitrogen and oxygen atoms in total. The maximum absolute atomic E-state index is 12.5. The minimum Gasteiger partial charge on any atom is -0.398 e. The molecule has 0 saturated carbocycles. The van der Waals surface area contributed by atoms with Gasteiger partial charge in [-0.05, 0) is 57.2 Å². The lowest BCUT2D eigenvalue weighted by atomic mass is 9.96. The highest BCUT2D eigenvalue weighted by atomic mass is 16.2. The Bertz CT molecular complexity index is 460. The number of carbonyl (C=O) groups is 1. The first-order valence-electron chi connectivity index (χ1n) is 7.15. The number of amides is 1. The van der Waals surface area contributed by atoms with Gasteiger partial charge in [0.05, 0.1) is 6.42 Å². The molecular formula is C16H24N2O. The Morgan fingerprint density at radius 1 is 1.32 bits per heavy atom. The van der Waals surface area contributed by atoms with Gasteiger partial charge in [0, 0.05) is 17.8 Å². The Morgan fingerprint density at radius 2 is 1.95 bits per heavy atom. The van der Waals surface area contributed by atoms with E-state index in [4.69, 9.17) is 5.73 Å². The largest absolute Gasteiger partial charge is 0.398 e. The number of benzene rings is 1. The molecule has 0 aliphatic carbocycles. The third-order valence-electron chi connectivity index (χ3n) is 4.12. The average Bonchev–Trinajstić information content (AvgIpc) is 2.32. The Morgan fingerprint density at radius 3 is 2.53 bits per heavy atom. The molecule has 1 aliphatic heterocycles. The number of nitrogen functional groups attached to an aromatic ring is 1. The average molecular weight is 260 g/mol. The molecule has 1 heterocycles. The normalized spacial score (nSPS) is 23.4. The van der Waals surface area contributed by atoms with Gasteiger partial charge in [0.15, 0.2) is 0 Å². The van der Waals surface area contributed by atoms with Gasteiger partial charge >= 0.3 is 0 Å². The van der Waals surface area contributed by atoms with Crippen molar-refractivity contribution in [2.75, 3.05) is 5.73 Å². The van der Waals surface area contributed by atoms with Gasteiger partial charge in [-0.3, -0.25) is 4.79 Å². The zero-order valence-electron chi connectivity index (χ0n) is 12.1. The van der Waals surface area contributed by atoms with E-state index in [2.05, 4.69) is 13.8 Å². The van der Waals surface area contributed by atoms with E-state index in [0.29, 0.717) is 18.5 Å². The molecule has 104 valence electrons. The quantitative estimate of drug-likeness (QED) is 0.831. The molecule has 2 N–H and O–H groups in total. The van der Waals surface area contributed by atoms with Crippen LogP contribution in [0.25, 0.3) is 0 Å². The van der Waals surface area contributed by atoms with E-state index in [1.165, 1.54) is 6.42 Å². The fourth-order valence-corrected chi connectivity index (χ4v) is 3.04. The molecule has 1 aliphatic rings. The summed E-state index contributed by atoms with van der Waals surface area (Å²) in [4.78, 5) is 14.5. The van der Waals surface area contributed by atoms with Crippen LogP contribution in [0.3, 0.4) is 0 Å². The Hall–Kier alpha value is -1.51. The number of carbonyl (C=O) groups excluding carboxylic acids is 1. The van der Waals surface area contributed by atoms with Crippen molar-refractivity contribution in [2.24, 2.45) is 0 Å². The molecule has 2 rings (SSSR count). The van der Waals surface area contributed by atoms with E-state index in [1.807, 2.05) is 30.0 Å². The van der Waals surface area contributed by atoms with E-state index in [0.717, 1.165) is 29.7 Å². The molecule has 0 aromatic heterocycles. The summed E-state index contributed by atoms with van der Waals surface area (Å²) in [7, 11) is 0. The maximum atomic E-state index is 12.5. The lowest BCUT2D eigenvalue weighted by molar-refractivity contribution is -0.136. The van der Waals surface area contributed by atoms with Crippen molar-refractivity contribution in [1.82, 2.24) is 4.90 Å². The molecule has 1 saturated heterocycles. The minimum atomic E-state index is 0.204. The van der Waals surface area contributed by atoms with E-state index in [-0.39, 0.29) is 5.91 Å². The monoisotopic (exact) mass is 260 g/mol. The van der Waals surface area contributed by atoms with Crippen LogP contribution in [0, 0.1) is 6.92 Å². The molecule has 19 heavy (non-hydrogen) atoms. The van der Waals surface area contributed by atoms with Gasteiger partial charge in [-0.1, -0.05) is 12.1 Å². The minimum absolute atomic E-state index is 0.204. The number of aryl methyl sites for hydroxylation is 1. The molecule has 1 aromatic carbocycles. The van der Waals surface area contributed by atoms with Crippen molar-refractivity contribution in [3.63, 3.8) is 0 Å². The SMILES string of the molecule is Cc1ccc(CC(=O)N2[C@@H](C)CCC[C@@H]2C)c(N)c1. The number of nitrogens with zero attached hydrogens (tertiary/aromatic N) is 1. The molecule has 3 heteroatoms. The summed E-state index contributed by atoms with van der Waals surface area (Å²) in [5.41, 5.74) is 8.80. The van der Waals surface area contributed by atoms with Crippen LogP contribution in [0.1, 0.15) is 44.2 Å². The van der Waals surface area contributed by atoms with Crippen LogP contribution < -0.4 is 5.73 Å². The smallest absolute Gasteiger partial charge is 0.227 e. The van der Waals surface area contributed by atoms with Crippen molar-refractivity contribution in [3.05, 3.63) is 29.3 Å². The van der Waals surface area contributed by atoms with Gasteiger partial charge in [-0.15, -0.1) is 0 Å². The van der Waals surface area contributed by atoms with Crippen LogP contribution in [0.5, 0.6) is 0 Å². The van der Waals surface area contributed by atoms with Gasteiger partial charge < -0.3 is 10.6 Å². The zero-order chi connectivity index (χ0) is 14.0. The van der Waals surface area contributed by atoms with Crippen molar-refractivity contribution in [2.45, 2.75) is 58.5 Å². The molecule has 0 spiro atoms. The molecule has 1 amide bonds. The fraction of sp³-hybridized carbons (Fsp3) is 0.562. The van der Waals surface area contributed by atoms with Gasteiger partial charge in [0.25, 0.3) is 0 Å². The Balaban J connectivity index is 2.11. The number of rotatable bonds is 2. The topological polar surface area (TPSA) is 46.3 Å². The number of piperidine rings is 1. The first kappa shape index (κ1) is 13.9. The van der Waals surface area contributed by atoms with Crippen LogP contribution in [-0.2, 0) is 11.2 Å². The number of anilines is 1. The van der Waals surface area contributed by atoms with Crippen LogP contribution >= 0.6 is 0 Å². The zero-order valence-corrected chi connectivity index (χ0v) is 12.1. The van der Waals surface area contributed by atoms with E-state index in [1.54, 1.807) is 0 Å². The lowest BCUT2D eigenvalue weighted by Crippen LogP contribution is -2.48. The van der Waals surface area contributed by atoms with Crippen molar-refractivity contribution in [1.29, 1.82) is 0 Å². The molecule has 1 aromatic rings. The van der Waals surface area contributed by atoms with Crippen LogP contribution in [0.15, 0.2) is 18.2 Å². The number of nitrogens with two attached hydrogens (primary N) is 1. The maximum Gasteiger partial charge on any atom is 0.227 e. The van der Waals surface area contributed by atoms with Crippen LogP contribution in [-0.4, -0.2) is 22.9 Å². The standard InChI is InChI=1S/C16H24N2O/c1-11-7-8-14(15(17)9-11)10-16(19)18-12(2)5-4-6-13(18)3/h7-9,12-13H,4-6,10,17H2,1-3H3/t12-,13-/m0/s1. The molecule has 1 fully saturated rings. The third kappa shape index (κ3) is 3.09. The predicted molar refractivity (Wildman–Crippen MR) is 78.9 cm³/mol. The highest BCUT2D eigenvalue weighted by Gasteiger charge is 2.28. The Kier molecular flexibility index (Phi) is 4.13. The summed E-state index contributed by atoms with van der Waals surface area (Å²) < 4.78 is 0. The molecule has 0 unspecified atom stereocenters. The number of hydrogen-bond acceptors (Lipinski definition) is 2. The summed E-state index contributed by atoms with van der Waals surface area (Å²) >= 11 is 0. The van der Waals surface area contributed by atoms with Crippen molar-refractivity contribution < 1.29 is 4.79 Å². The summed E-state index contributed by atoms with van der Waals surface area (Å²) in [6.45, 7) is 6.30. The predicted octanol–water partition coefficient (Wildman–Crippen LogP) is 2.91. The van der Waals surface area contributed by atoms with E-state index in [9.17, 15) is 4.79 Å². The first-order valence-corrected chi connectivity index (χ1v) is 7.15. The number of likely N-dealkylation sites (tertiary alicyclic amines) is 1. The van der Waals surface area contributed by atoms with Crippen LogP contribution in [0.2, 0.25) is 0 Å². The van der Waals surface area contributed by atoms with Crippen molar-refractivity contribution >= 4 is 11.6 Å². The highest BCUT2D eigenvalue weighted by molar-refractivity contribution is 5.81. The second-order valence-corrected chi connectivity index (χ2v) is 5.81. The van der Waals surface area contributed by atoms with Gasteiger partial charge in [-0.25, -0.2) is 0 Å². The summed E-state index contributed by atoms with van der Waals surface area (Å²) in [5, 5.41) is 0. The highest BCUT2D eigenvalue weighted by Crippen LogP contribution is 2.24. The molecular weight excluding hydrogens is 236 g/mol. The number of hydrogen-bond donors (Lipinski definition) is 1. The molecule has 0 radical (unpaired) electrons. The fourth-order valence-electron chi connectivity index (χ4n) is 3.04. The van der Waals surface area contributed by atoms with Gasteiger partial charge in [0.2, 0.25) is 5.91 Å². The Labute approximate surface area is 115 Å². The van der Waals surface area contributed by atoms with Gasteiger partial charge in [-0.2, -0.15) is 0 Å².